The topological polar surface area (TPSA) is 50.8 Å². The fourth-order valence-corrected chi connectivity index (χ4v) is 2.56. The van der Waals surface area contributed by atoms with Crippen LogP contribution in [0.25, 0.3) is 0 Å². The fourth-order valence-electron chi connectivity index (χ4n) is 2.56. The molecular weight excluding hydrogens is 268 g/mol. The van der Waals surface area contributed by atoms with Gasteiger partial charge in [0.15, 0.2) is 0 Å². The van der Waals surface area contributed by atoms with Gasteiger partial charge in [0.05, 0.1) is 19.3 Å². The van der Waals surface area contributed by atoms with E-state index in [1.807, 2.05) is 43.0 Å². The number of nitrogens with one attached hydrogen (secondary N) is 1. The third kappa shape index (κ3) is 4.63. The minimum Gasteiger partial charge on any atom is -0.497 e. The highest BCUT2D eigenvalue weighted by atomic mass is 16.5. The highest BCUT2D eigenvalue weighted by Crippen LogP contribution is 2.12. The van der Waals surface area contributed by atoms with Gasteiger partial charge >= 0.3 is 6.03 Å². The Hall–Kier alpha value is -1.75. The van der Waals surface area contributed by atoms with Gasteiger partial charge in [0.2, 0.25) is 0 Å². The molecule has 1 aliphatic rings. The quantitative estimate of drug-likeness (QED) is 0.924. The van der Waals surface area contributed by atoms with Crippen molar-refractivity contribution in [2.45, 2.75) is 32.5 Å². The zero-order valence-corrected chi connectivity index (χ0v) is 13.0. The van der Waals surface area contributed by atoms with Crippen molar-refractivity contribution in [2.75, 3.05) is 26.7 Å². The van der Waals surface area contributed by atoms with Crippen molar-refractivity contribution in [3.8, 4) is 5.75 Å². The van der Waals surface area contributed by atoms with Crippen LogP contribution in [-0.2, 0) is 11.2 Å². The van der Waals surface area contributed by atoms with Crippen LogP contribution in [0.3, 0.4) is 0 Å². The van der Waals surface area contributed by atoms with Crippen LogP contribution in [0.5, 0.6) is 5.75 Å². The molecule has 21 heavy (non-hydrogen) atoms. The Bertz CT molecular complexity index is 451. The van der Waals surface area contributed by atoms with E-state index in [2.05, 4.69) is 5.32 Å². The average molecular weight is 292 g/mol. The maximum Gasteiger partial charge on any atom is 0.317 e. The smallest absolute Gasteiger partial charge is 0.317 e. The van der Waals surface area contributed by atoms with Gasteiger partial charge in [-0.25, -0.2) is 4.79 Å². The first-order valence-electron chi connectivity index (χ1n) is 7.39. The second-order valence-electron chi connectivity index (χ2n) is 5.49. The number of hydrogen-bond acceptors (Lipinski definition) is 3. The predicted molar refractivity (Wildman–Crippen MR) is 81.7 cm³/mol. The first kappa shape index (κ1) is 15.6. The lowest BCUT2D eigenvalue weighted by Gasteiger charge is -2.35. The summed E-state index contributed by atoms with van der Waals surface area (Å²) in [4.78, 5) is 13.9. The molecule has 0 bridgehead atoms. The molecule has 2 amide bonds. The van der Waals surface area contributed by atoms with E-state index in [1.54, 1.807) is 7.11 Å². The molecule has 1 N–H and O–H groups in total. The van der Waals surface area contributed by atoms with E-state index in [9.17, 15) is 4.79 Å². The number of ether oxygens (including phenoxy) is 2. The summed E-state index contributed by atoms with van der Waals surface area (Å²) in [5, 5.41) is 2.97. The summed E-state index contributed by atoms with van der Waals surface area (Å²) in [6.45, 7) is 5.92. The Balaban J connectivity index is 1.75. The number of rotatable bonds is 4. The first-order valence-corrected chi connectivity index (χ1v) is 7.39. The van der Waals surface area contributed by atoms with E-state index < -0.39 is 0 Å². The third-order valence-corrected chi connectivity index (χ3v) is 3.56. The van der Waals surface area contributed by atoms with Crippen LogP contribution >= 0.6 is 0 Å². The van der Waals surface area contributed by atoms with Gasteiger partial charge in [-0.15, -0.1) is 0 Å². The molecule has 1 aromatic carbocycles. The SMILES string of the molecule is COc1ccc(CCNC(=O)N2C[C@@H](C)O[C@@H](C)C2)cc1. The van der Waals surface area contributed by atoms with Gasteiger partial charge in [0, 0.05) is 19.6 Å². The maximum absolute atomic E-state index is 12.1. The van der Waals surface area contributed by atoms with Gasteiger partial charge in [-0.05, 0) is 38.0 Å². The lowest BCUT2D eigenvalue weighted by atomic mass is 10.1. The molecular formula is C16H24N2O3. The van der Waals surface area contributed by atoms with Crippen LogP contribution in [0.4, 0.5) is 4.79 Å². The summed E-state index contributed by atoms with van der Waals surface area (Å²) in [7, 11) is 1.65. The van der Waals surface area contributed by atoms with Crippen LogP contribution in [0.15, 0.2) is 24.3 Å². The number of benzene rings is 1. The number of methoxy groups -OCH3 is 1. The highest BCUT2D eigenvalue weighted by molar-refractivity contribution is 5.74. The zero-order chi connectivity index (χ0) is 15.2. The molecule has 0 aliphatic carbocycles. The van der Waals surface area contributed by atoms with Crippen LogP contribution in [0.2, 0.25) is 0 Å². The molecule has 1 aliphatic heterocycles. The van der Waals surface area contributed by atoms with E-state index in [0.29, 0.717) is 19.6 Å². The number of carbonyl (C=O) groups is 1. The normalized spacial score (nSPS) is 22.0. The summed E-state index contributed by atoms with van der Waals surface area (Å²) in [5.41, 5.74) is 1.18. The van der Waals surface area contributed by atoms with Gasteiger partial charge in [0.1, 0.15) is 5.75 Å². The number of carbonyl (C=O) groups excluding carboxylic acids is 1. The standard InChI is InChI=1S/C16H24N2O3/c1-12-10-18(11-13(2)21-12)16(19)17-9-8-14-4-6-15(20-3)7-5-14/h4-7,12-13H,8-11H2,1-3H3,(H,17,19)/t12-,13+. The Morgan fingerprint density at radius 1 is 1.29 bits per heavy atom. The summed E-state index contributed by atoms with van der Waals surface area (Å²) < 4.78 is 10.8. The minimum absolute atomic E-state index is 0.00879. The molecule has 0 unspecified atom stereocenters. The molecule has 5 nitrogen and oxygen atoms in total. The third-order valence-electron chi connectivity index (χ3n) is 3.56. The molecule has 116 valence electrons. The monoisotopic (exact) mass is 292 g/mol. The van der Waals surface area contributed by atoms with Crippen molar-refractivity contribution in [1.29, 1.82) is 0 Å². The Labute approximate surface area is 126 Å². The molecule has 0 aromatic heterocycles. The van der Waals surface area contributed by atoms with Gasteiger partial charge < -0.3 is 19.7 Å². The number of nitrogens with zero attached hydrogens (tertiary/aromatic N) is 1. The molecule has 5 heteroatoms. The van der Waals surface area contributed by atoms with Gasteiger partial charge in [0.25, 0.3) is 0 Å². The van der Waals surface area contributed by atoms with Crippen LogP contribution in [0.1, 0.15) is 19.4 Å². The van der Waals surface area contributed by atoms with Crippen LogP contribution in [-0.4, -0.2) is 49.9 Å². The zero-order valence-electron chi connectivity index (χ0n) is 13.0. The van der Waals surface area contributed by atoms with Crippen molar-refractivity contribution in [3.05, 3.63) is 29.8 Å². The highest BCUT2D eigenvalue weighted by Gasteiger charge is 2.25. The summed E-state index contributed by atoms with van der Waals surface area (Å²) in [6, 6.07) is 7.89. The Morgan fingerprint density at radius 3 is 2.48 bits per heavy atom. The van der Waals surface area contributed by atoms with E-state index in [-0.39, 0.29) is 18.2 Å². The van der Waals surface area contributed by atoms with Crippen molar-refractivity contribution in [2.24, 2.45) is 0 Å². The minimum atomic E-state index is -0.00879. The second-order valence-corrected chi connectivity index (χ2v) is 5.49. The predicted octanol–water partition coefficient (Wildman–Crippen LogP) is 2.06. The number of hydrogen-bond donors (Lipinski definition) is 1. The maximum atomic E-state index is 12.1. The van der Waals surface area contributed by atoms with Crippen molar-refractivity contribution in [3.63, 3.8) is 0 Å². The van der Waals surface area contributed by atoms with Crippen molar-refractivity contribution < 1.29 is 14.3 Å². The fraction of sp³-hybridized carbons (Fsp3) is 0.562. The summed E-state index contributed by atoms with van der Waals surface area (Å²) in [5.74, 6) is 0.846. The molecule has 1 heterocycles. The molecule has 1 aromatic rings. The number of morpholine rings is 1. The van der Waals surface area contributed by atoms with E-state index in [4.69, 9.17) is 9.47 Å². The average Bonchev–Trinajstić information content (AvgIpc) is 2.47. The molecule has 1 fully saturated rings. The Kier molecular flexibility index (Phi) is 5.44. The largest absolute Gasteiger partial charge is 0.497 e. The number of amides is 2. The van der Waals surface area contributed by atoms with Crippen LogP contribution < -0.4 is 10.1 Å². The molecule has 2 atom stereocenters. The molecule has 0 radical (unpaired) electrons. The molecule has 0 spiro atoms. The van der Waals surface area contributed by atoms with Crippen LogP contribution in [0, 0.1) is 0 Å². The van der Waals surface area contributed by atoms with Crippen molar-refractivity contribution in [1.82, 2.24) is 10.2 Å². The molecule has 1 saturated heterocycles. The van der Waals surface area contributed by atoms with E-state index in [1.165, 1.54) is 5.56 Å². The van der Waals surface area contributed by atoms with E-state index >= 15 is 0 Å². The second kappa shape index (κ2) is 7.31. The molecule has 2 rings (SSSR count). The first-order chi connectivity index (χ1) is 10.1. The van der Waals surface area contributed by atoms with Gasteiger partial charge in [-0.2, -0.15) is 0 Å². The summed E-state index contributed by atoms with van der Waals surface area (Å²) in [6.07, 6.45) is 1.01. The Morgan fingerprint density at radius 2 is 1.90 bits per heavy atom. The van der Waals surface area contributed by atoms with E-state index in [0.717, 1.165) is 12.2 Å². The summed E-state index contributed by atoms with van der Waals surface area (Å²) >= 11 is 0. The number of urea groups is 1. The molecule has 0 saturated carbocycles. The van der Waals surface area contributed by atoms with Gasteiger partial charge in [-0.1, -0.05) is 12.1 Å². The van der Waals surface area contributed by atoms with Gasteiger partial charge in [-0.3, -0.25) is 0 Å². The lowest BCUT2D eigenvalue weighted by Crippen LogP contribution is -2.51. The van der Waals surface area contributed by atoms with Crippen molar-refractivity contribution >= 4 is 6.03 Å². The lowest BCUT2D eigenvalue weighted by molar-refractivity contribution is -0.0544.